The molecule has 0 fully saturated rings. The van der Waals surface area contributed by atoms with Crippen molar-refractivity contribution in [2.24, 2.45) is 0 Å². The number of rotatable bonds is 3. The molecule has 2 aromatic carbocycles. The zero-order chi connectivity index (χ0) is 14.9. The Labute approximate surface area is 128 Å². The molecule has 0 heterocycles. The highest BCUT2D eigenvalue weighted by molar-refractivity contribution is 6.42. The van der Waals surface area contributed by atoms with Crippen molar-refractivity contribution in [3.8, 4) is 0 Å². The van der Waals surface area contributed by atoms with E-state index in [1.54, 1.807) is 38.1 Å². The Morgan fingerprint density at radius 3 is 2.20 bits per heavy atom. The lowest BCUT2D eigenvalue weighted by Gasteiger charge is -2.14. The highest BCUT2D eigenvalue weighted by Crippen LogP contribution is 2.27. The highest BCUT2D eigenvalue weighted by atomic mass is 35.5. The molecule has 1 nitrogen and oxygen atoms in total. The molecule has 4 heteroatoms. The second-order valence-corrected chi connectivity index (χ2v) is 5.75. The number of halogens is 3. The second kappa shape index (κ2) is 6.13. The smallest absolute Gasteiger partial charge is 0.129 e. The molecule has 1 unspecified atom stereocenters. The minimum atomic E-state index is -0.703. The predicted molar refractivity (Wildman–Crippen MR) is 81.0 cm³/mol. The summed E-state index contributed by atoms with van der Waals surface area (Å²) in [7, 11) is 0. The van der Waals surface area contributed by atoms with Crippen LogP contribution in [0.5, 0.6) is 0 Å². The maximum Gasteiger partial charge on any atom is 0.129 e. The van der Waals surface area contributed by atoms with Crippen LogP contribution in [0.4, 0.5) is 4.39 Å². The fraction of sp³-hybridized carbons (Fsp3) is 0.250. The van der Waals surface area contributed by atoms with Crippen LogP contribution in [0.2, 0.25) is 10.0 Å². The van der Waals surface area contributed by atoms with Crippen LogP contribution in [0, 0.1) is 19.7 Å². The van der Waals surface area contributed by atoms with Crippen LogP contribution in [-0.4, -0.2) is 5.11 Å². The van der Waals surface area contributed by atoms with Crippen molar-refractivity contribution in [1.82, 2.24) is 0 Å². The Morgan fingerprint density at radius 1 is 1.05 bits per heavy atom. The standard InChI is InChI=1S/C16H15Cl2FO/c1-9-5-12(6-10(2)16(9)19)15(20)8-11-3-4-13(17)14(18)7-11/h3-7,15,20H,8H2,1-2H3. The largest absolute Gasteiger partial charge is 0.388 e. The summed E-state index contributed by atoms with van der Waals surface area (Å²) >= 11 is 11.8. The van der Waals surface area contributed by atoms with Gasteiger partial charge in [-0.3, -0.25) is 0 Å². The molecule has 106 valence electrons. The van der Waals surface area contributed by atoms with E-state index in [1.807, 2.05) is 6.07 Å². The van der Waals surface area contributed by atoms with Crippen molar-refractivity contribution in [3.63, 3.8) is 0 Å². The lowest BCUT2D eigenvalue weighted by molar-refractivity contribution is 0.178. The van der Waals surface area contributed by atoms with Crippen molar-refractivity contribution < 1.29 is 9.50 Å². The Hall–Kier alpha value is -1.09. The fourth-order valence-corrected chi connectivity index (χ4v) is 2.50. The van der Waals surface area contributed by atoms with Gasteiger partial charge in [-0.25, -0.2) is 4.39 Å². The SMILES string of the molecule is Cc1cc(C(O)Cc2ccc(Cl)c(Cl)c2)cc(C)c1F. The highest BCUT2D eigenvalue weighted by Gasteiger charge is 2.13. The first-order chi connectivity index (χ1) is 9.38. The van der Waals surface area contributed by atoms with Crippen molar-refractivity contribution in [2.75, 3.05) is 0 Å². The number of hydrogen-bond acceptors (Lipinski definition) is 1. The van der Waals surface area contributed by atoms with Crippen molar-refractivity contribution in [1.29, 1.82) is 0 Å². The van der Waals surface area contributed by atoms with Crippen LogP contribution in [0.15, 0.2) is 30.3 Å². The molecule has 0 amide bonds. The summed E-state index contributed by atoms with van der Waals surface area (Å²) in [6.45, 7) is 3.38. The molecule has 1 N–H and O–H groups in total. The van der Waals surface area contributed by atoms with Gasteiger partial charge in [-0.1, -0.05) is 41.4 Å². The third-order valence-corrected chi connectivity index (χ3v) is 4.00. The zero-order valence-electron chi connectivity index (χ0n) is 11.3. The quantitative estimate of drug-likeness (QED) is 0.843. The van der Waals surface area contributed by atoms with Crippen LogP contribution in [0.25, 0.3) is 0 Å². The minimum Gasteiger partial charge on any atom is -0.388 e. The number of aliphatic hydroxyl groups excluding tert-OH is 1. The number of benzene rings is 2. The van der Waals surface area contributed by atoms with Gasteiger partial charge in [0, 0.05) is 6.42 Å². The molecule has 0 radical (unpaired) electrons. The molecule has 0 aromatic heterocycles. The van der Waals surface area contributed by atoms with Crippen molar-refractivity contribution in [3.05, 3.63) is 68.4 Å². The minimum absolute atomic E-state index is 0.226. The van der Waals surface area contributed by atoms with E-state index in [4.69, 9.17) is 23.2 Å². The zero-order valence-corrected chi connectivity index (χ0v) is 12.8. The normalized spacial score (nSPS) is 12.5. The van der Waals surface area contributed by atoms with Crippen LogP contribution in [-0.2, 0) is 6.42 Å². The average Bonchev–Trinajstić information content (AvgIpc) is 2.39. The van der Waals surface area contributed by atoms with E-state index >= 15 is 0 Å². The Morgan fingerprint density at radius 2 is 1.65 bits per heavy atom. The van der Waals surface area contributed by atoms with Gasteiger partial charge >= 0.3 is 0 Å². The molecule has 2 aromatic rings. The van der Waals surface area contributed by atoms with Gasteiger partial charge in [-0.05, 0) is 48.2 Å². The third kappa shape index (κ3) is 3.32. The fourth-order valence-electron chi connectivity index (χ4n) is 2.18. The van der Waals surface area contributed by atoms with E-state index in [2.05, 4.69) is 0 Å². The monoisotopic (exact) mass is 312 g/mol. The maximum atomic E-state index is 13.6. The topological polar surface area (TPSA) is 20.2 Å². The molecular weight excluding hydrogens is 298 g/mol. The summed E-state index contributed by atoms with van der Waals surface area (Å²) in [6, 6.07) is 8.60. The van der Waals surface area contributed by atoms with Crippen molar-refractivity contribution >= 4 is 23.2 Å². The van der Waals surface area contributed by atoms with E-state index in [1.165, 1.54) is 0 Å². The molecule has 20 heavy (non-hydrogen) atoms. The van der Waals surface area contributed by atoms with E-state index < -0.39 is 6.10 Å². The van der Waals surface area contributed by atoms with Crippen LogP contribution in [0.1, 0.15) is 28.4 Å². The lowest BCUT2D eigenvalue weighted by Crippen LogP contribution is -2.04. The molecule has 0 bridgehead atoms. The lowest BCUT2D eigenvalue weighted by atomic mass is 9.98. The first kappa shape index (κ1) is 15.3. The summed E-state index contributed by atoms with van der Waals surface area (Å²) in [5.74, 6) is -0.226. The summed E-state index contributed by atoms with van der Waals surface area (Å²) in [6.07, 6.45) is -0.299. The Bertz CT molecular complexity index is 617. The van der Waals surface area contributed by atoms with Gasteiger partial charge in [0.25, 0.3) is 0 Å². The Balaban J connectivity index is 2.23. The summed E-state index contributed by atoms with van der Waals surface area (Å²) in [4.78, 5) is 0. The number of aliphatic hydroxyl groups is 1. The van der Waals surface area contributed by atoms with Gasteiger partial charge < -0.3 is 5.11 Å². The van der Waals surface area contributed by atoms with Gasteiger partial charge in [-0.15, -0.1) is 0 Å². The molecule has 0 saturated carbocycles. The number of hydrogen-bond donors (Lipinski definition) is 1. The molecule has 0 aliphatic heterocycles. The van der Waals surface area contributed by atoms with Crippen LogP contribution < -0.4 is 0 Å². The molecular formula is C16H15Cl2FO. The molecule has 0 saturated heterocycles. The van der Waals surface area contributed by atoms with Gasteiger partial charge in [0.1, 0.15) is 5.82 Å². The molecule has 0 aliphatic carbocycles. The third-order valence-electron chi connectivity index (χ3n) is 3.26. The Kier molecular flexibility index (Phi) is 4.69. The summed E-state index contributed by atoms with van der Waals surface area (Å²) in [5.41, 5.74) is 2.65. The van der Waals surface area contributed by atoms with Gasteiger partial charge in [0.05, 0.1) is 16.1 Å². The van der Waals surface area contributed by atoms with Crippen LogP contribution >= 0.6 is 23.2 Å². The van der Waals surface area contributed by atoms with Crippen LogP contribution in [0.3, 0.4) is 0 Å². The summed E-state index contributed by atoms with van der Waals surface area (Å²) in [5, 5.41) is 11.2. The predicted octanol–water partition coefficient (Wildman–Crippen LogP) is 5.03. The van der Waals surface area contributed by atoms with E-state index in [0.29, 0.717) is 33.2 Å². The van der Waals surface area contributed by atoms with Gasteiger partial charge in [0.15, 0.2) is 0 Å². The second-order valence-electron chi connectivity index (χ2n) is 4.94. The average molecular weight is 313 g/mol. The van der Waals surface area contributed by atoms with E-state index in [-0.39, 0.29) is 5.82 Å². The first-order valence-electron chi connectivity index (χ1n) is 6.27. The number of aryl methyl sites for hydroxylation is 2. The molecule has 0 spiro atoms. The maximum absolute atomic E-state index is 13.6. The molecule has 1 atom stereocenters. The molecule has 0 aliphatic rings. The van der Waals surface area contributed by atoms with E-state index in [9.17, 15) is 9.50 Å². The summed E-state index contributed by atoms with van der Waals surface area (Å²) < 4.78 is 13.6. The van der Waals surface area contributed by atoms with E-state index in [0.717, 1.165) is 5.56 Å². The van der Waals surface area contributed by atoms with Gasteiger partial charge in [-0.2, -0.15) is 0 Å². The molecule has 2 rings (SSSR count). The van der Waals surface area contributed by atoms with Crippen molar-refractivity contribution in [2.45, 2.75) is 26.4 Å². The van der Waals surface area contributed by atoms with Gasteiger partial charge in [0.2, 0.25) is 0 Å². The first-order valence-corrected chi connectivity index (χ1v) is 7.02.